The number of nitrogens with two attached hydrogens (primary N) is 4. The van der Waals surface area contributed by atoms with E-state index >= 15 is 0 Å². The van der Waals surface area contributed by atoms with Crippen molar-refractivity contribution in [3.8, 4) is 0 Å². The molecule has 1 aliphatic rings. The second kappa shape index (κ2) is 7.28. The van der Waals surface area contributed by atoms with Crippen LogP contribution in [0.15, 0.2) is 26.2 Å². The molecule has 1 heterocycles. The third-order valence-electron chi connectivity index (χ3n) is 2.19. The molecule has 8 N–H and O–H groups in total. The van der Waals surface area contributed by atoms with Gasteiger partial charge in [-0.3, -0.25) is 4.21 Å². The van der Waals surface area contributed by atoms with Crippen molar-refractivity contribution in [2.24, 2.45) is 36.7 Å². The molecule has 1 aliphatic heterocycles. The van der Waals surface area contributed by atoms with Crippen LogP contribution in [0.5, 0.6) is 0 Å². The summed E-state index contributed by atoms with van der Waals surface area (Å²) >= 11 is 0. The Morgan fingerprint density at radius 3 is 2.62 bits per heavy atom. The van der Waals surface area contributed by atoms with Crippen LogP contribution < -0.4 is 22.3 Å². The van der Waals surface area contributed by atoms with Gasteiger partial charge in [-0.1, -0.05) is 6.08 Å². The monoisotopic (exact) mass is 335 g/mol. The number of hydrogen-bond donors (Lipinski definition) is 4. The number of aliphatic imine (C=N–C) groups is 2. The van der Waals surface area contributed by atoms with Crippen molar-refractivity contribution >= 4 is 38.6 Å². The van der Waals surface area contributed by atoms with Crippen LogP contribution in [0.1, 0.15) is 12.8 Å². The van der Waals surface area contributed by atoms with Crippen LogP contribution in [-0.4, -0.2) is 41.8 Å². The Morgan fingerprint density at radius 1 is 1.38 bits per heavy atom. The summed E-state index contributed by atoms with van der Waals surface area (Å²) in [5, 5.41) is 4.70. The lowest BCUT2D eigenvalue weighted by molar-refractivity contribution is 0.599. The zero-order valence-electron chi connectivity index (χ0n) is 11.1. The fourth-order valence-electron chi connectivity index (χ4n) is 1.44. The second-order valence-electron chi connectivity index (χ2n) is 4.10. The lowest BCUT2D eigenvalue weighted by Crippen LogP contribution is -2.23. The minimum absolute atomic E-state index is 0.0563. The Bertz CT molecular complexity index is 644. The van der Waals surface area contributed by atoms with Gasteiger partial charge in [-0.2, -0.15) is 13.4 Å². The summed E-state index contributed by atoms with van der Waals surface area (Å²) in [5.74, 6) is 0.534. The Kier molecular flexibility index (Phi) is 5.99. The van der Waals surface area contributed by atoms with Crippen molar-refractivity contribution in [3.63, 3.8) is 0 Å². The normalized spacial score (nSPS) is 17.1. The predicted octanol–water partition coefficient (Wildman–Crippen LogP) is -2.35. The average molecular weight is 335 g/mol. The largest absolute Gasteiger partial charge is 0.386 e. The van der Waals surface area contributed by atoms with Gasteiger partial charge in [0.1, 0.15) is 11.7 Å². The summed E-state index contributed by atoms with van der Waals surface area (Å²) in [6.07, 6.45) is 2.29. The molecule has 21 heavy (non-hydrogen) atoms. The number of rotatable bonds is 6. The highest BCUT2D eigenvalue weighted by Crippen LogP contribution is 2.12. The summed E-state index contributed by atoms with van der Waals surface area (Å²) in [6, 6.07) is 0. The molecule has 1 rings (SSSR count). The summed E-state index contributed by atoms with van der Waals surface area (Å²) in [4.78, 5) is 7.91. The third kappa shape index (κ3) is 7.53. The van der Waals surface area contributed by atoms with Crippen LogP contribution in [0.3, 0.4) is 0 Å². The number of hydrogen-bond acceptors (Lipinski definition) is 5. The summed E-state index contributed by atoms with van der Waals surface area (Å²) in [7, 11) is -5.29. The second-order valence-corrected chi connectivity index (χ2v) is 6.89. The van der Waals surface area contributed by atoms with Crippen molar-refractivity contribution in [3.05, 3.63) is 11.8 Å². The van der Waals surface area contributed by atoms with Crippen molar-refractivity contribution in [2.45, 2.75) is 12.8 Å². The van der Waals surface area contributed by atoms with Gasteiger partial charge < -0.3 is 17.2 Å². The number of nitrogens with zero attached hydrogens (tertiary/aromatic N) is 3. The van der Waals surface area contributed by atoms with Gasteiger partial charge in [0.05, 0.1) is 11.4 Å². The first-order valence-electron chi connectivity index (χ1n) is 5.74. The topological polar surface area (TPSA) is 192 Å². The fourth-order valence-corrected chi connectivity index (χ4v) is 2.95. The van der Waals surface area contributed by atoms with Crippen LogP contribution in [-0.2, 0) is 21.0 Å². The van der Waals surface area contributed by atoms with Crippen molar-refractivity contribution < 1.29 is 12.6 Å². The van der Waals surface area contributed by atoms with Crippen LogP contribution in [0.2, 0.25) is 0 Å². The molecular formula is C9H17N7O3S2. The SMILES string of the molecule is NC(N)=NC1=NC(CS(=O)CCC(N)=NS(N)(=O)=O)=CC1. The molecule has 0 amide bonds. The van der Waals surface area contributed by atoms with Crippen LogP contribution in [0.25, 0.3) is 0 Å². The molecule has 0 aromatic rings. The van der Waals surface area contributed by atoms with Gasteiger partial charge in [-0.05, 0) is 0 Å². The summed E-state index contributed by atoms with van der Waals surface area (Å²) in [6.45, 7) is 0. The van der Waals surface area contributed by atoms with Crippen LogP contribution in [0, 0.1) is 0 Å². The van der Waals surface area contributed by atoms with Gasteiger partial charge in [0.2, 0.25) is 0 Å². The molecule has 12 heteroatoms. The standard InChI is InChI=1S/C9H17N7O3S2/c10-7(16-21(13,18)19)3-4-20(17)5-6-1-2-8(14-6)15-9(11)12/h1H,2-5H2,(H2,10,16)(H2,13,18,19)(H4,11,12,14,15). The van der Waals surface area contributed by atoms with E-state index < -0.39 is 21.0 Å². The molecule has 1 atom stereocenters. The minimum Gasteiger partial charge on any atom is -0.386 e. The van der Waals surface area contributed by atoms with Crippen molar-refractivity contribution in [2.75, 3.05) is 11.5 Å². The smallest absolute Gasteiger partial charge is 0.318 e. The van der Waals surface area contributed by atoms with E-state index in [1.165, 1.54) is 0 Å². The van der Waals surface area contributed by atoms with E-state index in [0.717, 1.165) is 0 Å². The van der Waals surface area contributed by atoms with Gasteiger partial charge >= 0.3 is 10.2 Å². The first-order valence-corrected chi connectivity index (χ1v) is 8.73. The van der Waals surface area contributed by atoms with Crippen molar-refractivity contribution in [1.29, 1.82) is 0 Å². The highest BCUT2D eigenvalue weighted by molar-refractivity contribution is 7.88. The molecule has 0 aliphatic carbocycles. The first-order chi connectivity index (χ1) is 9.65. The molecule has 0 saturated heterocycles. The maximum Gasteiger partial charge on any atom is 0.318 e. The van der Waals surface area contributed by atoms with Crippen LogP contribution in [0.4, 0.5) is 0 Å². The summed E-state index contributed by atoms with van der Waals surface area (Å²) < 4.78 is 36.2. The Morgan fingerprint density at radius 2 is 2.05 bits per heavy atom. The zero-order valence-corrected chi connectivity index (χ0v) is 12.7. The van der Waals surface area contributed by atoms with Crippen molar-refractivity contribution in [1.82, 2.24) is 0 Å². The van der Waals surface area contributed by atoms with E-state index in [0.29, 0.717) is 18.0 Å². The van der Waals surface area contributed by atoms with Gasteiger partial charge in [-0.15, -0.1) is 4.40 Å². The Labute approximate surface area is 124 Å². The molecule has 1 unspecified atom stereocenters. The van der Waals surface area contributed by atoms with E-state index in [-0.39, 0.29) is 29.7 Å². The summed E-state index contributed by atoms with van der Waals surface area (Å²) in [5.41, 5.74) is 16.4. The highest BCUT2D eigenvalue weighted by Gasteiger charge is 2.12. The highest BCUT2D eigenvalue weighted by atomic mass is 32.2. The molecule has 0 saturated carbocycles. The minimum atomic E-state index is -4.02. The Hall–Kier alpha value is -1.79. The van der Waals surface area contributed by atoms with Gasteiger partial charge in [-0.25, -0.2) is 10.1 Å². The van der Waals surface area contributed by atoms with E-state index in [1.54, 1.807) is 6.08 Å². The van der Waals surface area contributed by atoms with Crippen LogP contribution >= 0.6 is 0 Å². The Balaban J connectivity index is 2.48. The first kappa shape index (κ1) is 17.3. The van der Waals surface area contributed by atoms with E-state index in [4.69, 9.17) is 22.3 Å². The third-order valence-corrected chi connectivity index (χ3v) is 3.96. The zero-order chi connectivity index (χ0) is 16.0. The molecule has 0 radical (unpaired) electrons. The van der Waals surface area contributed by atoms with Gasteiger partial charge in [0.25, 0.3) is 0 Å². The molecule has 0 aromatic carbocycles. The molecule has 0 bridgehead atoms. The van der Waals surface area contributed by atoms with E-state index in [1.807, 2.05) is 0 Å². The van der Waals surface area contributed by atoms with Gasteiger partial charge in [0.15, 0.2) is 5.96 Å². The molecule has 0 aromatic heterocycles. The maximum atomic E-state index is 11.8. The lowest BCUT2D eigenvalue weighted by atomic mass is 10.4. The molecular weight excluding hydrogens is 318 g/mol. The van der Waals surface area contributed by atoms with Gasteiger partial charge in [0, 0.05) is 29.4 Å². The lowest BCUT2D eigenvalue weighted by Gasteiger charge is -2.01. The predicted molar refractivity (Wildman–Crippen MR) is 83.2 cm³/mol. The van der Waals surface area contributed by atoms with E-state index in [2.05, 4.69) is 14.4 Å². The maximum absolute atomic E-state index is 11.8. The number of amidine groups is 2. The fraction of sp³-hybridized carbons (Fsp3) is 0.444. The molecule has 10 nitrogen and oxygen atoms in total. The van der Waals surface area contributed by atoms with E-state index in [9.17, 15) is 12.6 Å². The molecule has 0 fully saturated rings. The molecule has 118 valence electrons. The quantitative estimate of drug-likeness (QED) is 0.310. The average Bonchev–Trinajstić information content (AvgIpc) is 2.70. The molecule has 0 spiro atoms. The number of guanidine groups is 1.